The van der Waals surface area contributed by atoms with Gasteiger partial charge >= 0.3 is 0 Å². The van der Waals surface area contributed by atoms with Crippen LogP contribution in [0.15, 0.2) is 72.0 Å². The molecule has 0 saturated heterocycles. The fourth-order valence-corrected chi connectivity index (χ4v) is 3.96. The number of allylic oxidation sites excluding steroid dienone is 2. The minimum atomic E-state index is -0.630. The van der Waals surface area contributed by atoms with Crippen molar-refractivity contribution < 1.29 is 9.53 Å². The summed E-state index contributed by atoms with van der Waals surface area (Å²) >= 11 is 0. The molecule has 0 fully saturated rings. The fraction of sp³-hybridized carbons (Fsp3) is 0.150. The highest BCUT2D eigenvalue weighted by Crippen LogP contribution is 2.51. The van der Waals surface area contributed by atoms with Gasteiger partial charge < -0.3 is 10.1 Å². The highest BCUT2D eigenvalue weighted by atomic mass is 16.5. The largest absolute Gasteiger partial charge is 0.461 e. The number of nitrogens with one attached hydrogen (secondary N) is 1. The Bertz CT molecular complexity index is 909. The molecule has 1 atom stereocenters. The number of para-hydroxylation sites is 1. The van der Waals surface area contributed by atoms with Crippen molar-refractivity contribution in [1.82, 2.24) is 5.32 Å². The van der Waals surface area contributed by atoms with Gasteiger partial charge in [0.25, 0.3) is 5.91 Å². The Labute approximate surface area is 134 Å². The molecule has 0 bridgehead atoms. The number of ether oxygens (including phenoxy) is 1. The van der Waals surface area contributed by atoms with Gasteiger partial charge in [-0.2, -0.15) is 0 Å². The van der Waals surface area contributed by atoms with Gasteiger partial charge in [-0.1, -0.05) is 48.6 Å². The van der Waals surface area contributed by atoms with Crippen LogP contribution < -0.4 is 10.1 Å². The zero-order valence-corrected chi connectivity index (χ0v) is 12.5. The Hall–Kier alpha value is -2.81. The lowest BCUT2D eigenvalue weighted by Crippen LogP contribution is -2.45. The van der Waals surface area contributed by atoms with Crippen LogP contribution in [-0.2, 0) is 5.54 Å². The summed E-state index contributed by atoms with van der Waals surface area (Å²) in [4.78, 5) is 12.6. The summed E-state index contributed by atoms with van der Waals surface area (Å²) in [5, 5.41) is 3.26. The van der Waals surface area contributed by atoms with Crippen molar-refractivity contribution in [2.45, 2.75) is 18.4 Å². The molecule has 1 amide bonds. The van der Waals surface area contributed by atoms with Gasteiger partial charge in [-0.15, -0.1) is 0 Å². The maximum atomic E-state index is 12.6. The van der Waals surface area contributed by atoms with E-state index in [4.69, 9.17) is 4.74 Å². The minimum absolute atomic E-state index is 0.0249. The third-order valence-corrected chi connectivity index (χ3v) is 4.93. The maximum absolute atomic E-state index is 12.6. The molecule has 23 heavy (non-hydrogen) atoms. The number of hydrogen-bond acceptors (Lipinski definition) is 2. The number of benzene rings is 2. The van der Waals surface area contributed by atoms with Crippen LogP contribution in [0.5, 0.6) is 5.75 Å². The predicted octanol–water partition coefficient (Wildman–Crippen LogP) is 3.67. The van der Waals surface area contributed by atoms with Crippen LogP contribution in [0, 0.1) is 0 Å². The van der Waals surface area contributed by atoms with Gasteiger partial charge in [0.1, 0.15) is 17.0 Å². The number of amides is 1. The van der Waals surface area contributed by atoms with E-state index in [0.717, 1.165) is 46.6 Å². The van der Waals surface area contributed by atoms with Crippen LogP contribution in [0.4, 0.5) is 0 Å². The Morgan fingerprint density at radius 3 is 2.70 bits per heavy atom. The second-order valence-electron chi connectivity index (χ2n) is 6.13. The standard InChI is InChI=1S/C20H15NO2/c22-19-13-7-1-2-8-14(13)20(21-19)15-9-3-5-11-17(15)23-18-12-6-4-10-16(18)20/h1-5,7-11H,6,12H2,(H,21,22). The molecule has 2 aromatic rings. The number of carbonyl (C=O) groups excluding carboxylic acids is 1. The molecular weight excluding hydrogens is 286 g/mol. The number of fused-ring (bicyclic) bond motifs is 5. The summed E-state index contributed by atoms with van der Waals surface area (Å²) in [6, 6.07) is 15.8. The van der Waals surface area contributed by atoms with Gasteiger partial charge in [-0.25, -0.2) is 0 Å². The summed E-state index contributed by atoms with van der Waals surface area (Å²) in [5.74, 6) is 1.77. The molecule has 2 aromatic carbocycles. The summed E-state index contributed by atoms with van der Waals surface area (Å²) in [5.41, 5.74) is 3.19. The maximum Gasteiger partial charge on any atom is 0.252 e. The quantitative estimate of drug-likeness (QED) is 0.806. The molecule has 1 N–H and O–H groups in total. The van der Waals surface area contributed by atoms with E-state index in [2.05, 4.69) is 17.5 Å². The summed E-state index contributed by atoms with van der Waals surface area (Å²) in [7, 11) is 0. The third-order valence-electron chi connectivity index (χ3n) is 4.93. The molecule has 1 spiro atoms. The monoisotopic (exact) mass is 301 g/mol. The van der Waals surface area contributed by atoms with Crippen molar-refractivity contribution in [2.75, 3.05) is 0 Å². The first-order chi connectivity index (χ1) is 11.3. The fourth-order valence-electron chi connectivity index (χ4n) is 3.96. The summed E-state index contributed by atoms with van der Waals surface area (Å²) in [6.07, 6.45) is 6.09. The van der Waals surface area contributed by atoms with E-state index in [1.165, 1.54) is 0 Å². The van der Waals surface area contributed by atoms with Crippen molar-refractivity contribution in [3.63, 3.8) is 0 Å². The zero-order chi connectivity index (χ0) is 15.4. The second-order valence-corrected chi connectivity index (χ2v) is 6.13. The van der Waals surface area contributed by atoms with E-state index in [0.29, 0.717) is 0 Å². The molecule has 2 heterocycles. The lowest BCUT2D eigenvalue weighted by Gasteiger charge is -2.39. The lowest BCUT2D eigenvalue weighted by molar-refractivity contribution is 0.0945. The molecule has 2 aliphatic heterocycles. The van der Waals surface area contributed by atoms with Crippen LogP contribution in [0.3, 0.4) is 0 Å². The smallest absolute Gasteiger partial charge is 0.252 e. The van der Waals surface area contributed by atoms with Crippen molar-refractivity contribution in [2.24, 2.45) is 0 Å². The van der Waals surface area contributed by atoms with E-state index in [1.807, 2.05) is 48.5 Å². The Morgan fingerprint density at radius 2 is 1.78 bits per heavy atom. The van der Waals surface area contributed by atoms with E-state index in [9.17, 15) is 4.79 Å². The van der Waals surface area contributed by atoms with Crippen molar-refractivity contribution in [3.05, 3.63) is 88.7 Å². The van der Waals surface area contributed by atoms with Crippen molar-refractivity contribution in [1.29, 1.82) is 0 Å². The van der Waals surface area contributed by atoms with Gasteiger partial charge in [0.15, 0.2) is 0 Å². The van der Waals surface area contributed by atoms with Crippen molar-refractivity contribution in [3.8, 4) is 5.75 Å². The zero-order valence-electron chi connectivity index (χ0n) is 12.5. The van der Waals surface area contributed by atoms with Gasteiger partial charge in [0.2, 0.25) is 0 Å². The molecule has 0 radical (unpaired) electrons. The average Bonchev–Trinajstić information content (AvgIpc) is 2.90. The SMILES string of the molecule is O=C1NC2(C3=C(CCC=C3)Oc3ccccc32)c2ccccc21. The number of hydrogen-bond donors (Lipinski definition) is 1. The van der Waals surface area contributed by atoms with Crippen LogP contribution >= 0.6 is 0 Å². The van der Waals surface area contributed by atoms with Crippen LogP contribution in [0.25, 0.3) is 0 Å². The van der Waals surface area contributed by atoms with Crippen LogP contribution in [0.1, 0.15) is 34.3 Å². The van der Waals surface area contributed by atoms with E-state index in [1.54, 1.807) is 0 Å². The first-order valence-corrected chi connectivity index (χ1v) is 7.90. The Balaban J connectivity index is 1.89. The van der Waals surface area contributed by atoms with Gasteiger partial charge in [-0.3, -0.25) is 4.79 Å². The molecule has 1 unspecified atom stereocenters. The molecule has 5 rings (SSSR count). The van der Waals surface area contributed by atoms with E-state index in [-0.39, 0.29) is 5.91 Å². The van der Waals surface area contributed by atoms with E-state index < -0.39 is 5.54 Å². The topological polar surface area (TPSA) is 38.3 Å². The molecule has 3 aliphatic rings. The molecule has 112 valence electrons. The lowest BCUT2D eigenvalue weighted by atomic mass is 9.74. The number of rotatable bonds is 0. The second kappa shape index (κ2) is 4.35. The summed E-state index contributed by atoms with van der Waals surface area (Å²) < 4.78 is 6.15. The molecular formula is C20H15NO2. The molecule has 0 saturated carbocycles. The van der Waals surface area contributed by atoms with Gasteiger partial charge in [-0.05, 0) is 24.1 Å². The molecule has 3 heteroatoms. The third kappa shape index (κ3) is 1.51. The average molecular weight is 301 g/mol. The molecule has 0 aromatic heterocycles. The number of carbonyl (C=O) groups is 1. The highest BCUT2D eigenvalue weighted by molar-refractivity contribution is 6.02. The predicted molar refractivity (Wildman–Crippen MR) is 87.2 cm³/mol. The first kappa shape index (κ1) is 12.7. The Kier molecular flexibility index (Phi) is 2.41. The van der Waals surface area contributed by atoms with Crippen LogP contribution in [-0.4, -0.2) is 5.91 Å². The minimum Gasteiger partial charge on any atom is -0.461 e. The van der Waals surface area contributed by atoms with E-state index >= 15 is 0 Å². The normalized spacial score (nSPS) is 23.9. The van der Waals surface area contributed by atoms with Gasteiger partial charge in [0.05, 0.1) is 0 Å². The van der Waals surface area contributed by atoms with Crippen LogP contribution in [0.2, 0.25) is 0 Å². The Morgan fingerprint density at radius 1 is 1.00 bits per heavy atom. The first-order valence-electron chi connectivity index (χ1n) is 7.90. The van der Waals surface area contributed by atoms with Gasteiger partial charge in [0, 0.05) is 23.1 Å². The molecule has 3 nitrogen and oxygen atoms in total. The molecule has 1 aliphatic carbocycles. The van der Waals surface area contributed by atoms with Crippen molar-refractivity contribution >= 4 is 5.91 Å². The highest BCUT2D eigenvalue weighted by Gasteiger charge is 2.51. The summed E-state index contributed by atoms with van der Waals surface area (Å²) in [6.45, 7) is 0.